The van der Waals surface area contributed by atoms with Crippen LogP contribution in [0.15, 0.2) is 39.9 Å². The molecule has 0 aliphatic heterocycles. The number of hydrogen-bond acceptors (Lipinski definition) is 4. The van der Waals surface area contributed by atoms with Gasteiger partial charge in [-0.25, -0.2) is 10.1 Å². The van der Waals surface area contributed by atoms with E-state index in [2.05, 4.69) is 4.98 Å². The van der Waals surface area contributed by atoms with Crippen molar-refractivity contribution in [3.8, 4) is 0 Å². The van der Waals surface area contributed by atoms with Crippen LogP contribution in [0.1, 0.15) is 0 Å². The summed E-state index contributed by atoms with van der Waals surface area (Å²) in [6.45, 7) is 0. The van der Waals surface area contributed by atoms with Gasteiger partial charge in [-0.1, -0.05) is 23.0 Å². The molecule has 2 heterocycles. The van der Waals surface area contributed by atoms with Crippen LogP contribution in [-0.2, 0) is 0 Å². The van der Waals surface area contributed by atoms with E-state index >= 15 is 0 Å². The van der Waals surface area contributed by atoms with Gasteiger partial charge in [0.25, 0.3) is 5.56 Å². The van der Waals surface area contributed by atoms with Crippen molar-refractivity contribution in [3.05, 3.63) is 51.0 Å². The van der Waals surface area contributed by atoms with E-state index in [0.717, 1.165) is 5.39 Å². The number of aromatic amines is 1. The van der Waals surface area contributed by atoms with Crippen LogP contribution in [0.25, 0.3) is 21.8 Å². The van der Waals surface area contributed by atoms with E-state index in [0.29, 0.717) is 5.52 Å². The molecule has 84 valence electrons. The Morgan fingerprint density at radius 2 is 2.00 bits per heavy atom. The average molecular weight is 229 g/mol. The Morgan fingerprint density at radius 1 is 1.24 bits per heavy atom. The normalized spacial score (nSPS) is 11.1. The van der Waals surface area contributed by atoms with Gasteiger partial charge >= 0.3 is 5.56 Å². The van der Waals surface area contributed by atoms with Gasteiger partial charge in [-0.2, -0.15) is 0 Å². The maximum absolute atomic E-state index is 11.6. The first kappa shape index (κ1) is 9.59. The monoisotopic (exact) mass is 229 g/mol. The number of aromatic nitrogens is 3. The molecule has 6 nitrogen and oxygen atoms in total. The summed E-state index contributed by atoms with van der Waals surface area (Å²) in [5, 5.41) is 12.0. The summed E-state index contributed by atoms with van der Waals surface area (Å²) in [5.41, 5.74) is -0.648. The molecule has 0 fully saturated rings. The fraction of sp³-hybridized carbons (Fsp3) is 0. The van der Waals surface area contributed by atoms with Gasteiger partial charge in [0.05, 0.1) is 10.9 Å². The number of rotatable bonds is 0. The van der Waals surface area contributed by atoms with Crippen LogP contribution in [0.2, 0.25) is 0 Å². The number of nitrogens with one attached hydrogen (secondary N) is 1. The molecule has 6 heteroatoms. The number of fused-ring (bicyclic) bond motifs is 2. The first-order valence-corrected chi connectivity index (χ1v) is 4.91. The highest BCUT2D eigenvalue weighted by atomic mass is 16.5. The number of pyridine rings is 1. The molecule has 0 atom stereocenters. The van der Waals surface area contributed by atoms with Gasteiger partial charge in [-0.3, -0.25) is 9.59 Å². The lowest BCUT2D eigenvalue weighted by atomic mass is 10.2. The Kier molecular flexibility index (Phi) is 1.79. The molecule has 3 rings (SSSR count). The van der Waals surface area contributed by atoms with Crippen molar-refractivity contribution in [2.75, 3.05) is 0 Å². The zero-order valence-electron chi connectivity index (χ0n) is 8.54. The van der Waals surface area contributed by atoms with E-state index in [1.165, 1.54) is 0 Å². The minimum atomic E-state index is -0.696. The van der Waals surface area contributed by atoms with Gasteiger partial charge in [0.2, 0.25) is 0 Å². The fourth-order valence-electron chi connectivity index (χ4n) is 1.77. The summed E-state index contributed by atoms with van der Waals surface area (Å²) in [6, 6.07) is 8.67. The number of benzene rings is 1. The lowest BCUT2D eigenvalue weighted by Gasteiger charge is -2.01. The van der Waals surface area contributed by atoms with Crippen LogP contribution in [0.5, 0.6) is 0 Å². The quantitative estimate of drug-likeness (QED) is 0.433. The molecule has 3 aromatic rings. The van der Waals surface area contributed by atoms with Crippen LogP contribution in [0.4, 0.5) is 0 Å². The molecule has 0 saturated carbocycles. The Morgan fingerprint density at radius 3 is 2.82 bits per heavy atom. The van der Waals surface area contributed by atoms with Crippen molar-refractivity contribution in [2.45, 2.75) is 0 Å². The number of nitrogens with zero attached hydrogens (tertiary/aromatic N) is 2. The number of hydrogen-bond donors (Lipinski definition) is 2. The Labute approximate surface area is 93.7 Å². The number of para-hydroxylation sites is 1. The third-order valence-corrected chi connectivity index (χ3v) is 2.57. The van der Waals surface area contributed by atoms with E-state index in [4.69, 9.17) is 0 Å². The van der Waals surface area contributed by atoms with Crippen molar-refractivity contribution in [2.24, 2.45) is 0 Å². The lowest BCUT2D eigenvalue weighted by Crippen LogP contribution is -2.28. The summed E-state index contributed by atoms with van der Waals surface area (Å²) < 4.78 is 0. The van der Waals surface area contributed by atoms with Crippen molar-refractivity contribution in [1.29, 1.82) is 0 Å². The largest absolute Gasteiger partial charge is 0.410 e. The van der Waals surface area contributed by atoms with Crippen molar-refractivity contribution in [1.82, 2.24) is 14.9 Å². The van der Waals surface area contributed by atoms with Crippen LogP contribution in [-0.4, -0.2) is 20.1 Å². The second kappa shape index (κ2) is 3.18. The molecule has 0 spiro atoms. The predicted octanol–water partition coefficient (Wildman–Crippen LogP) is 0.475. The molecule has 0 aliphatic rings. The molecule has 0 bridgehead atoms. The Balaban J connectivity index is 2.65. The van der Waals surface area contributed by atoms with Gasteiger partial charge in [-0.05, 0) is 12.1 Å². The molecule has 2 aromatic heterocycles. The van der Waals surface area contributed by atoms with Gasteiger partial charge in [0.1, 0.15) is 5.52 Å². The minimum Gasteiger partial charge on any atom is -0.410 e. The Hall–Kier alpha value is -2.63. The van der Waals surface area contributed by atoms with E-state index in [-0.39, 0.29) is 15.7 Å². The van der Waals surface area contributed by atoms with E-state index in [9.17, 15) is 14.8 Å². The van der Waals surface area contributed by atoms with Crippen molar-refractivity contribution >= 4 is 21.8 Å². The molecule has 17 heavy (non-hydrogen) atoms. The van der Waals surface area contributed by atoms with Crippen LogP contribution in [0.3, 0.4) is 0 Å². The van der Waals surface area contributed by atoms with Gasteiger partial charge in [-0.15, -0.1) is 0 Å². The van der Waals surface area contributed by atoms with Crippen molar-refractivity contribution < 1.29 is 5.21 Å². The van der Waals surface area contributed by atoms with Gasteiger partial charge in [0.15, 0.2) is 0 Å². The molecular weight excluding hydrogens is 222 g/mol. The zero-order chi connectivity index (χ0) is 12.0. The minimum absolute atomic E-state index is 0.0269. The SMILES string of the molecule is O=c1[nH]n(O)c(=O)c2cc3ccccc3nc12. The summed E-state index contributed by atoms with van der Waals surface area (Å²) in [5.74, 6) is 0. The highest BCUT2D eigenvalue weighted by molar-refractivity contribution is 5.91. The summed E-state index contributed by atoms with van der Waals surface area (Å²) in [6.07, 6.45) is 0. The third-order valence-electron chi connectivity index (χ3n) is 2.57. The summed E-state index contributed by atoms with van der Waals surface area (Å²) in [4.78, 5) is 27.5. The first-order chi connectivity index (χ1) is 8.16. The molecule has 0 aliphatic carbocycles. The molecule has 0 radical (unpaired) electrons. The van der Waals surface area contributed by atoms with Crippen LogP contribution < -0.4 is 11.1 Å². The molecule has 0 unspecified atom stereocenters. The zero-order valence-corrected chi connectivity index (χ0v) is 8.54. The topological polar surface area (TPSA) is 88.0 Å². The lowest BCUT2D eigenvalue weighted by molar-refractivity contribution is 0.134. The maximum atomic E-state index is 11.6. The van der Waals surface area contributed by atoms with Crippen molar-refractivity contribution in [3.63, 3.8) is 0 Å². The molecule has 0 saturated heterocycles. The third kappa shape index (κ3) is 1.31. The van der Waals surface area contributed by atoms with Crippen LogP contribution >= 0.6 is 0 Å². The smallest absolute Gasteiger partial charge is 0.310 e. The highest BCUT2D eigenvalue weighted by Crippen LogP contribution is 2.14. The van der Waals surface area contributed by atoms with Gasteiger partial charge < -0.3 is 5.21 Å². The van der Waals surface area contributed by atoms with Crippen LogP contribution in [0, 0.1) is 0 Å². The fourth-order valence-corrected chi connectivity index (χ4v) is 1.77. The Bertz CT molecular complexity index is 848. The van der Waals surface area contributed by atoms with E-state index in [1.807, 2.05) is 5.10 Å². The first-order valence-electron chi connectivity index (χ1n) is 4.91. The molecule has 2 N–H and O–H groups in total. The highest BCUT2D eigenvalue weighted by Gasteiger charge is 2.09. The average Bonchev–Trinajstić information content (AvgIpc) is 2.34. The van der Waals surface area contributed by atoms with Gasteiger partial charge in [0, 0.05) is 5.39 Å². The van der Waals surface area contributed by atoms with E-state index < -0.39 is 11.1 Å². The maximum Gasteiger partial charge on any atom is 0.310 e. The standard InChI is InChI=1S/C11H7N3O3/c15-10-9-7(11(16)14(17)13-10)5-6-3-1-2-4-8(6)12-9/h1-5,17H,(H,13,15). The summed E-state index contributed by atoms with van der Waals surface area (Å²) in [7, 11) is 0. The second-order valence-corrected chi connectivity index (χ2v) is 3.64. The number of H-pyrrole nitrogens is 1. The molecule has 1 aromatic carbocycles. The molecule has 0 amide bonds. The predicted molar refractivity (Wildman–Crippen MR) is 61.3 cm³/mol. The second-order valence-electron chi connectivity index (χ2n) is 3.64. The summed E-state index contributed by atoms with van der Waals surface area (Å²) >= 11 is 0. The molecular formula is C11H7N3O3. The van der Waals surface area contributed by atoms with E-state index in [1.54, 1.807) is 30.3 Å².